The van der Waals surface area contributed by atoms with Gasteiger partial charge in [0, 0.05) is 0 Å². The molecule has 0 bridgehead atoms. The first kappa shape index (κ1) is 12.9. The highest BCUT2D eigenvalue weighted by atomic mass is 16.4. The van der Waals surface area contributed by atoms with Gasteiger partial charge in [-0.15, -0.1) is 0 Å². The van der Waals surface area contributed by atoms with Gasteiger partial charge in [0.05, 0.1) is 6.42 Å². The number of hydrogen-bond donors (Lipinski definition) is 2. The molecule has 1 rings (SSSR count). The van der Waals surface area contributed by atoms with E-state index >= 15 is 0 Å². The minimum absolute atomic E-state index is 0.306. The summed E-state index contributed by atoms with van der Waals surface area (Å²) in [6, 6.07) is 7.20. The number of ketones is 1. The molecule has 0 aliphatic carbocycles. The summed E-state index contributed by atoms with van der Waals surface area (Å²) in [6.07, 6.45) is -0.309. The van der Waals surface area contributed by atoms with E-state index < -0.39 is 17.9 Å². The number of carboxylic acid groups (broad SMARTS) is 1. The topological polar surface area (TPSA) is 83.5 Å². The first-order valence-electron chi connectivity index (χ1n) is 5.07. The SMILES string of the molecule is CC(=O)CC(=O)N[C@@H](C(=O)O)c1ccccc1. The van der Waals surface area contributed by atoms with Gasteiger partial charge in [0.2, 0.25) is 5.91 Å². The summed E-state index contributed by atoms with van der Waals surface area (Å²) in [6.45, 7) is 1.28. The fourth-order valence-corrected chi connectivity index (χ4v) is 1.37. The van der Waals surface area contributed by atoms with Crippen molar-refractivity contribution in [2.24, 2.45) is 0 Å². The zero-order valence-corrected chi connectivity index (χ0v) is 9.34. The Balaban J connectivity index is 2.78. The number of carbonyl (C=O) groups is 3. The van der Waals surface area contributed by atoms with Crippen LogP contribution in [0.3, 0.4) is 0 Å². The number of carbonyl (C=O) groups excluding carboxylic acids is 2. The quantitative estimate of drug-likeness (QED) is 0.743. The summed E-state index contributed by atoms with van der Waals surface area (Å²) in [5.41, 5.74) is 0.469. The zero-order valence-electron chi connectivity index (χ0n) is 9.34. The van der Waals surface area contributed by atoms with Gasteiger partial charge in [0.1, 0.15) is 5.78 Å². The van der Waals surface area contributed by atoms with Crippen LogP contribution in [0.15, 0.2) is 30.3 Å². The molecule has 90 valence electrons. The molecule has 0 radical (unpaired) electrons. The number of carboxylic acids is 1. The molecular formula is C12H13NO4. The van der Waals surface area contributed by atoms with Crippen LogP contribution >= 0.6 is 0 Å². The van der Waals surface area contributed by atoms with Crippen LogP contribution in [0.4, 0.5) is 0 Å². The minimum atomic E-state index is -1.16. The van der Waals surface area contributed by atoms with Crippen LogP contribution in [0, 0.1) is 0 Å². The van der Waals surface area contributed by atoms with Gasteiger partial charge in [0.15, 0.2) is 6.04 Å². The van der Waals surface area contributed by atoms with Crippen molar-refractivity contribution in [2.45, 2.75) is 19.4 Å². The van der Waals surface area contributed by atoms with Gasteiger partial charge >= 0.3 is 5.97 Å². The molecule has 0 fully saturated rings. The maximum absolute atomic E-state index is 11.3. The van der Waals surface area contributed by atoms with Gasteiger partial charge in [-0.3, -0.25) is 9.59 Å². The molecule has 0 spiro atoms. The molecule has 0 heterocycles. The second kappa shape index (κ2) is 5.79. The van der Waals surface area contributed by atoms with Gasteiger partial charge in [0.25, 0.3) is 0 Å². The zero-order chi connectivity index (χ0) is 12.8. The Kier molecular flexibility index (Phi) is 4.39. The van der Waals surface area contributed by atoms with E-state index in [-0.39, 0.29) is 12.2 Å². The van der Waals surface area contributed by atoms with E-state index in [0.29, 0.717) is 5.56 Å². The lowest BCUT2D eigenvalue weighted by Gasteiger charge is -2.14. The summed E-state index contributed by atoms with van der Waals surface area (Å²) >= 11 is 0. The number of benzene rings is 1. The monoisotopic (exact) mass is 235 g/mol. The highest BCUT2D eigenvalue weighted by molar-refractivity contribution is 5.98. The van der Waals surface area contributed by atoms with Gasteiger partial charge in [-0.1, -0.05) is 30.3 Å². The maximum atomic E-state index is 11.3. The van der Waals surface area contributed by atoms with Gasteiger partial charge < -0.3 is 10.4 Å². The molecule has 17 heavy (non-hydrogen) atoms. The first-order valence-corrected chi connectivity index (χ1v) is 5.07. The Hall–Kier alpha value is -2.17. The van der Waals surface area contributed by atoms with Crippen LogP contribution in [-0.4, -0.2) is 22.8 Å². The number of Topliss-reactive ketones (excluding diaryl/α,β-unsaturated/α-hetero) is 1. The van der Waals surface area contributed by atoms with E-state index in [9.17, 15) is 14.4 Å². The average molecular weight is 235 g/mol. The molecule has 0 aliphatic rings. The van der Waals surface area contributed by atoms with Crippen LogP contribution < -0.4 is 5.32 Å². The summed E-state index contributed by atoms with van der Waals surface area (Å²) in [4.78, 5) is 33.1. The standard InChI is InChI=1S/C12H13NO4/c1-8(14)7-10(15)13-11(12(16)17)9-5-3-2-4-6-9/h2-6,11H,7H2,1H3,(H,13,15)(H,16,17)/t11-/m1/s1. The molecule has 5 nitrogen and oxygen atoms in total. The Morgan fingerprint density at radius 2 is 1.82 bits per heavy atom. The Bertz CT molecular complexity index is 427. The lowest BCUT2D eigenvalue weighted by molar-refractivity contribution is -0.142. The predicted molar refractivity (Wildman–Crippen MR) is 60.3 cm³/mol. The van der Waals surface area contributed by atoms with Crippen LogP contribution in [0.2, 0.25) is 0 Å². The average Bonchev–Trinajstić information content (AvgIpc) is 2.25. The third-order valence-corrected chi connectivity index (χ3v) is 2.09. The number of amides is 1. The Morgan fingerprint density at radius 3 is 2.29 bits per heavy atom. The van der Waals surface area contributed by atoms with Crippen LogP contribution in [0.5, 0.6) is 0 Å². The molecule has 0 unspecified atom stereocenters. The highest BCUT2D eigenvalue weighted by Crippen LogP contribution is 2.12. The summed E-state index contributed by atoms with van der Waals surface area (Å²) in [7, 11) is 0. The van der Waals surface area contributed by atoms with E-state index in [1.807, 2.05) is 0 Å². The summed E-state index contributed by atoms with van der Waals surface area (Å²) in [5.74, 6) is -2.05. The molecule has 5 heteroatoms. The molecule has 1 atom stereocenters. The minimum Gasteiger partial charge on any atom is -0.479 e. The second-order valence-corrected chi connectivity index (χ2v) is 3.63. The van der Waals surface area contributed by atoms with E-state index in [1.54, 1.807) is 30.3 Å². The number of rotatable bonds is 5. The predicted octanol–water partition coefficient (Wildman–Crippen LogP) is 0.908. The van der Waals surface area contributed by atoms with Gasteiger partial charge in [-0.25, -0.2) is 4.79 Å². The smallest absolute Gasteiger partial charge is 0.330 e. The van der Waals surface area contributed by atoms with E-state index in [4.69, 9.17) is 5.11 Å². The van der Waals surface area contributed by atoms with Crippen molar-refractivity contribution >= 4 is 17.7 Å². The fourth-order valence-electron chi connectivity index (χ4n) is 1.37. The van der Waals surface area contributed by atoms with E-state index in [0.717, 1.165) is 0 Å². The van der Waals surface area contributed by atoms with Crippen molar-refractivity contribution in [2.75, 3.05) is 0 Å². The lowest BCUT2D eigenvalue weighted by atomic mass is 10.1. The lowest BCUT2D eigenvalue weighted by Crippen LogP contribution is -2.34. The first-order chi connectivity index (χ1) is 8.00. The summed E-state index contributed by atoms with van der Waals surface area (Å²) < 4.78 is 0. The van der Waals surface area contributed by atoms with E-state index in [2.05, 4.69) is 5.32 Å². The molecule has 1 amide bonds. The second-order valence-electron chi connectivity index (χ2n) is 3.63. The normalized spacial score (nSPS) is 11.6. The van der Waals surface area contributed by atoms with Crippen molar-refractivity contribution in [1.82, 2.24) is 5.32 Å². The third kappa shape index (κ3) is 4.06. The van der Waals surface area contributed by atoms with Crippen molar-refractivity contribution in [3.05, 3.63) is 35.9 Å². The Morgan fingerprint density at radius 1 is 1.24 bits per heavy atom. The molecular weight excluding hydrogens is 222 g/mol. The van der Waals surface area contributed by atoms with Crippen LogP contribution in [0.1, 0.15) is 24.9 Å². The van der Waals surface area contributed by atoms with Crippen molar-refractivity contribution in [3.8, 4) is 0 Å². The van der Waals surface area contributed by atoms with Crippen molar-refractivity contribution in [3.63, 3.8) is 0 Å². The number of aliphatic carboxylic acids is 1. The molecule has 1 aromatic rings. The highest BCUT2D eigenvalue weighted by Gasteiger charge is 2.21. The molecule has 1 aromatic carbocycles. The third-order valence-electron chi connectivity index (χ3n) is 2.09. The van der Waals surface area contributed by atoms with Crippen molar-refractivity contribution in [1.29, 1.82) is 0 Å². The number of nitrogens with one attached hydrogen (secondary N) is 1. The molecule has 0 saturated carbocycles. The maximum Gasteiger partial charge on any atom is 0.330 e. The fraction of sp³-hybridized carbons (Fsp3) is 0.250. The Labute approximate surface area is 98.4 Å². The molecule has 2 N–H and O–H groups in total. The van der Waals surface area contributed by atoms with Crippen molar-refractivity contribution < 1.29 is 19.5 Å². The van der Waals surface area contributed by atoms with Gasteiger partial charge in [-0.2, -0.15) is 0 Å². The van der Waals surface area contributed by atoms with Crippen LogP contribution in [-0.2, 0) is 14.4 Å². The summed E-state index contributed by atoms with van der Waals surface area (Å²) in [5, 5.41) is 11.3. The number of hydrogen-bond acceptors (Lipinski definition) is 3. The van der Waals surface area contributed by atoms with Crippen LogP contribution in [0.25, 0.3) is 0 Å². The molecule has 0 saturated heterocycles. The molecule has 0 aliphatic heterocycles. The molecule has 0 aromatic heterocycles. The van der Waals surface area contributed by atoms with Gasteiger partial charge in [-0.05, 0) is 12.5 Å². The van der Waals surface area contributed by atoms with E-state index in [1.165, 1.54) is 6.92 Å². The largest absolute Gasteiger partial charge is 0.479 e.